The topological polar surface area (TPSA) is 58.6 Å². The van der Waals surface area contributed by atoms with Gasteiger partial charge in [0.25, 0.3) is 0 Å². The SMILES string of the molecule is COc1cccc(C(C)N2CCC(CNS(C)(=O)=O)CC2)c1. The highest BCUT2D eigenvalue weighted by molar-refractivity contribution is 7.88. The number of ether oxygens (including phenoxy) is 1. The highest BCUT2D eigenvalue weighted by Gasteiger charge is 2.24. The highest BCUT2D eigenvalue weighted by Crippen LogP contribution is 2.28. The van der Waals surface area contributed by atoms with E-state index in [4.69, 9.17) is 4.74 Å². The Kier molecular flexibility index (Phi) is 5.83. The van der Waals surface area contributed by atoms with Gasteiger partial charge < -0.3 is 4.74 Å². The molecule has 2 rings (SSSR count). The summed E-state index contributed by atoms with van der Waals surface area (Å²) in [6.07, 6.45) is 3.26. The van der Waals surface area contributed by atoms with E-state index in [1.807, 2.05) is 12.1 Å². The van der Waals surface area contributed by atoms with Gasteiger partial charge in [-0.05, 0) is 56.5 Å². The van der Waals surface area contributed by atoms with Crippen molar-refractivity contribution in [3.63, 3.8) is 0 Å². The van der Waals surface area contributed by atoms with Crippen LogP contribution in [0.3, 0.4) is 0 Å². The number of hydrogen-bond acceptors (Lipinski definition) is 4. The second kappa shape index (κ2) is 7.44. The van der Waals surface area contributed by atoms with Gasteiger partial charge in [-0.3, -0.25) is 4.90 Å². The molecule has 1 atom stereocenters. The van der Waals surface area contributed by atoms with Crippen LogP contribution in [0, 0.1) is 5.92 Å². The fourth-order valence-corrected chi connectivity index (χ4v) is 3.46. The third kappa shape index (κ3) is 4.97. The Morgan fingerprint density at radius 2 is 2.05 bits per heavy atom. The lowest BCUT2D eigenvalue weighted by Crippen LogP contribution is -2.39. The molecule has 0 spiro atoms. The van der Waals surface area contributed by atoms with Crippen LogP contribution in [-0.2, 0) is 10.0 Å². The van der Waals surface area contributed by atoms with Crippen LogP contribution < -0.4 is 9.46 Å². The summed E-state index contributed by atoms with van der Waals surface area (Å²) in [6.45, 7) is 4.76. The summed E-state index contributed by atoms with van der Waals surface area (Å²) >= 11 is 0. The molecular formula is C16H26N2O3S. The zero-order valence-electron chi connectivity index (χ0n) is 13.6. The average Bonchev–Trinajstić information content (AvgIpc) is 2.52. The molecule has 0 amide bonds. The number of hydrogen-bond donors (Lipinski definition) is 1. The van der Waals surface area contributed by atoms with E-state index in [9.17, 15) is 8.42 Å². The van der Waals surface area contributed by atoms with Crippen LogP contribution in [-0.4, -0.2) is 46.3 Å². The third-order valence-corrected chi connectivity index (χ3v) is 5.10. The summed E-state index contributed by atoms with van der Waals surface area (Å²) in [4.78, 5) is 2.45. The molecule has 22 heavy (non-hydrogen) atoms. The Morgan fingerprint density at radius 1 is 1.36 bits per heavy atom. The van der Waals surface area contributed by atoms with E-state index in [2.05, 4.69) is 28.7 Å². The molecule has 1 N–H and O–H groups in total. The number of rotatable bonds is 6. The fraction of sp³-hybridized carbons (Fsp3) is 0.625. The van der Waals surface area contributed by atoms with Gasteiger partial charge in [0.15, 0.2) is 0 Å². The smallest absolute Gasteiger partial charge is 0.208 e. The number of sulfonamides is 1. The van der Waals surface area contributed by atoms with Crippen molar-refractivity contribution in [1.29, 1.82) is 0 Å². The first-order valence-corrected chi connectivity index (χ1v) is 9.61. The predicted molar refractivity (Wildman–Crippen MR) is 88.6 cm³/mol. The highest BCUT2D eigenvalue weighted by atomic mass is 32.2. The minimum Gasteiger partial charge on any atom is -0.497 e. The molecule has 5 nitrogen and oxygen atoms in total. The van der Waals surface area contributed by atoms with Crippen LogP contribution in [0.5, 0.6) is 5.75 Å². The van der Waals surface area contributed by atoms with Crippen molar-refractivity contribution in [1.82, 2.24) is 9.62 Å². The molecule has 0 bridgehead atoms. The third-order valence-electron chi connectivity index (χ3n) is 4.41. The van der Waals surface area contributed by atoms with Crippen LogP contribution in [0.15, 0.2) is 24.3 Å². The zero-order chi connectivity index (χ0) is 16.2. The van der Waals surface area contributed by atoms with Crippen molar-refractivity contribution >= 4 is 10.0 Å². The van der Waals surface area contributed by atoms with E-state index in [-0.39, 0.29) is 0 Å². The van der Waals surface area contributed by atoms with E-state index in [0.29, 0.717) is 18.5 Å². The quantitative estimate of drug-likeness (QED) is 0.869. The first-order chi connectivity index (χ1) is 10.4. The minimum absolute atomic E-state index is 0.346. The van der Waals surface area contributed by atoms with Gasteiger partial charge in [-0.25, -0.2) is 13.1 Å². The summed E-state index contributed by atoms with van der Waals surface area (Å²) in [5.74, 6) is 1.32. The van der Waals surface area contributed by atoms with Crippen LogP contribution in [0.25, 0.3) is 0 Å². The summed E-state index contributed by atoms with van der Waals surface area (Å²) in [7, 11) is -1.40. The van der Waals surface area contributed by atoms with Crippen molar-refractivity contribution in [3.8, 4) is 5.75 Å². The maximum absolute atomic E-state index is 11.2. The van der Waals surface area contributed by atoms with E-state index < -0.39 is 10.0 Å². The number of methoxy groups -OCH3 is 1. The molecule has 0 aromatic heterocycles. The Morgan fingerprint density at radius 3 is 2.64 bits per heavy atom. The summed E-state index contributed by atoms with van der Waals surface area (Å²) < 4.78 is 30.2. The van der Waals surface area contributed by atoms with Crippen molar-refractivity contribution in [3.05, 3.63) is 29.8 Å². The van der Waals surface area contributed by atoms with Gasteiger partial charge in [0.2, 0.25) is 10.0 Å². The summed E-state index contributed by atoms with van der Waals surface area (Å²) in [5.41, 5.74) is 1.26. The monoisotopic (exact) mass is 326 g/mol. The van der Waals surface area contributed by atoms with Crippen molar-refractivity contribution < 1.29 is 13.2 Å². The zero-order valence-corrected chi connectivity index (χ0v) is 14.4. The van der Waals surface area contributed by atoms with Crippen LogP contribution in [0.2, 0.25) is 0 Å². The molecule has 1 aromatic carbocycles. The molecule has 1 heterocycles. The average molecular weight is 326 g/mol. The maximum atomic E-state index is 11.2. The van der Waals surface area contributed by atoms with Crippen molar-refractivity contribution in [2.45, 2.75) is 25.8 Å². The van der Waals surface area contributed by atoms with Crippen molar-refractivity contribution in [2.75, 3.05) is 33.0 Å². The molecule has 6 heteroatoms. The lowest BCUT2D eigenvalue weighted by Gasteiger charge is -2.36. The number of likely N-dealkylation sites (tertiary alicyclic amines) is 1. The number of nitrogens with one attached hydrogen (secondary N) is 1. The Hall–Kier alpha value is -1.11. The van der Waals surface area contributed by atoms with Gasteiger partial charge in [-0.15, -0.1) is 0 Å². The Labute approximate surface area is 133 Å². The number of nitrogens with zero attached hydrogens (tertiary/aromatic N) is 1. The second-order valence-corrected chi connectivity index (χ2v) is 7.89. The standard InChI is InChI=1S/C16H26N2O3S/c1-13(15-5-4-6-16(11-15)21-2)18-9-7-14(8-10-18)12-17-22(3,19)20/h4-6,11,13-14,17H,7-10,12H2,1-3H3. The lowest BCUT2D eigenvalue weighted by atomic mass is 9.95. The fourth-order valence-electron chi connectivity index (χ4n) is 2.93. The molecule has 0 saturated carbocycles. The van der Waals surface area contributed by atoms with E-state index in [0.717, 1.165) is 31.7 Å². The molecule has 1 unspecified atom stereocenters. The molecule has 0 aliphatic carbocycles. The van der Waals surface area contributed by atoms with Gasteiger partial charge in [0.1, 0.15) is 5.75 Å². The van der Waals surface area contributed by atoms with Gasteiger partial charge in [0.05, 0.1) is 13.4 Å². The van der Waals surface area contributed by atoms with Crippen molar-refractivity contribution in [2.24, 2.45) is 5.92 Å². The Balaban J connectivity index is 1.88. The largest absolute Gasteiger partial charge is 0.497 e. The normalized spacial score (nSPS) is 19.0. The molecule has 1 saturated heterocycles. The molecule has 1 fully saturated rings. The summed E-state index contributed by atoms with van der Waals surface area (Å²) in [6, 6.07) is 8.54. The molecule has 1 aliphatic rings. The van der Waals surface area contributed by atoms with Crippen LogP contribution >= 0.6 is 0 Å². The molecule has 0 radical (unpaired) electrons. The first kappa shape index (κ1) is 17.2. The molecular weight excluding hydrogens is 300 g/mol. The van der Waals surface area contributed by atoms with Gasteiger partial charge >= 0.3 is 0 Å². The van der Waals surface area contributed by atoms with Gasteiger partial charge in [0, 0.05) is 12.6 Å². The van der Waals surface area contributed by atoms with Gasteiger partial charge in [-0.2, -0.15) is 0 Å². The Bertz CT molecular complexity index is 581. The number of benzene rings is 1. The molecule has 1 aromatic rings. The summed E-state index contributed by atoms with van der Waals surface area (Å²) in [5, 5.41) is 0. The van der Waals surface area contributed by atoms with E-state index >= 15 is 0 Å². The molecule has 1 aliphatic heterocycles. The predicted octanol–water partition coefficient (Wildman–Crippen LogP) is 2.02. The second-order valence-electron chi connectivity index (χ2n) is 6.05. The number of piperidine rings is 1. The van der Waals surface area contributed by atoms with E-state index in [1.165, 1.54) is 11.8 Å². The van der Waals surface area contributed by atoms with E-state index in [1.54, 1.807) is 7.11 Å². The minimum atomic E-state index is -3.08. The van der Waals surface area contributed by atoms with Gasteiger partial charge in [-0.1, -0.05) is 12.1 Å². The first-order valence-electron chi connectivity index (χ1n) is 7.71. The van der Waals surface area contributed by atoms with Crippen LogP contribution in [0.1, 0.15) is 31.4 Å². The molecule has 124 valence electrons. The lowest BCUT2D eigenvalue weighted by molar-refractivity contribution is 0.142. The maximum Gasteiger partial charge on any atom is 0.208 e. The van der Waals surface area contributed by atoms with Crippen LogP contribution in [0.4, 0.5) is 0 Å².